The Bertz CT molecular complexity index is 667. The molecule has 1 N–H and O–H groups in total. The first-order valence-electron chi connectivity index (χ1n) is 6.74. The zero-order valence-electron chi connectivity index (χ0n) is 12.6. The van der Waals surface area contributed by atoms with E-state index in [0.717, 1.165) is 5.56 Å². The van der Waals surface area contributed by atoms with E-state index in [1.807, 2.05) is 30.3 Å². The van der Waals surface area contributed by atoms with Crippen LogP contribution < -0.4 is 4.74 Å². The quantitative estimate of drug-likeness (QED) is 0.878. The van der Waals surface area contributed by atoms with Gasteiger partial charge in [-0.2, -0.15) is 0 Å². The highest BCUT2D eigenvalue weighted by molar-refractivity contribution is 5.95. The number of carbonyl (C=O) groups excluding carboxylic acids is 1. The van der Waals surface area contributed by atoms with Crippen LogP contribution in [0.3, 0.4) is 0 Å². The molecule has 0 atom stereocenters. The number of carbonyl (C=O) groups is 1. The molecule has 0 amide bonds. The minimum atomic E-state index is -0.786. The monoisotopic (exact) mass is 304 g/mol. The molecule has 0 radical (unpaired) electrons. The standard InChI is InChI=1S/C17H17FO4/c1-10-13(17(20)21-3)15(19)11(2)16(14(10)18)22-9-12-7-5-4-6-8-12/h4-8,19H,9H2,1-3H3. The molecule has 0 bridgehead atoms. The number of hydrogen-bond acceptors (Lipinski definition) is 4. The van der Waals surface area contributed by atoms with E-state index in [2.05, 4.69) is 4.74 Å². The van der Waals surface area contributed by atoms with Crippen LogP contribution in [0.2, 0.25) is 0 Å². The minimum absolute atomic E-state index is 0.00184. The Kier molecular flexibility index (Phi) is 4.65. The molecule has 2 aromatic rings. The molecule has 2 rings (SSSR count). The number of phenols is 1. The Morgan fingerprint density at radius 3 is 2.41 bits per heavy atom. The first kappa shape index (κ1) is 15.8. The second-order valence-corrected chi connectivity index (χ2v) is 4.88. The molecule has 0 unspecified atom stereocenters. The van der Waals surface area contributed by atoms with Crippen molar-refractivity contribution in [2.45, 2.75) is 20.5 Å². The minimum Gasteiger partial charge on any atom is -0.507 e. The van der Waals surface area contributed by atoms with E-state index >= 15 is 0 Å². The number of aromatic hydroxyl groups is 1. The van der Waals surface area contributed by atoms with Gasteiger partial charge in [-0.25, -0.2) is 9.18 Å². The Morgan fingerprint density at radius 2 is 1.82 bits per heavy atom. The van der Waals surface area contributed by atoms with Crippen LogP contribution in [0.1, 0.15) is 27.0 Å². The molecule has 0 aliphatic carbocycles. The van der Waals surface area contributed by atoms with Gasteiger partial charge in [0.2, 0.25) is 0 Å². The van der Waals surface area contributed by atoms with Gasteiger partial charge >= 0.3 is 5.97 Å². The molecular weight excluding hydrogens is 287 g/mol. The predicted molar refractivity (Wildman–Crippen MR) is 79.7 cm³/mol. The van der Waals surface area contributed by atoms with Crippen LogP contribution in [0.15, 0.2) is 30.3 Å². The average molecular weight is 304 g/mol. The van der Waals surface area contributed by atoms with Gasteiger partial charge in [-0.3, -0.25) is 0 Å². The molecule has 5 heteroatoms. The SMILES string of the molecule is COC(=O)c1c(C)c(F)c(OCc2ccccc2)c(C)c1O. The molecule has 22 heavy (non-hydrogen) atoms. The fourth-order valence-corrected chi connectivity index (χ4v) is 2.17. The van der Waals surface area contributed by atoms with Crippen molar-refractivity contribution in [1.29, 1.82) is 0 Å². The van der Waals surface area contributed by atoms with Crippen molar-refractivity contribution in [3.63, 3.8) is 0 Å². The highest BCUT2D eigenvalue weighted by Gasteiger charge is 2.25. The summed E-state index contributed by atoms with van der Waals surface area (Å²) in [5, 5.41) is 10.1. The lowest BCUT2D eigenvalue weighted by molar-refractivity contribution is 0.0595. The van der Waals surface area contributed by atoms with E-state index in [0.29, 0.717) is 0 Å². The Labute approximate surface area is 128 Å². The van der Waals surface area contributed by atoms with Crippen molar-refractivity contribution >= 4 is 5.97 Å². The van der Waals surface area contributed by atoms with E-state index < -0.39 is 11.8 Å². The lowest BCUT2D eigenvalue weighted by Crippen LogP contribution is -2.09. The van der Waals surface area contributed by atoms with E-state index in [1.165, 1.54) is 21.0 Å². The van der Waals surface area contributed by atoms with E-state index in [1.54, 1.807) is 0 Å². The topological polar surface area (TPSA) is 55.8 Å². The largest absolute Gasteiger partial charge is 0.507 e. The van der Waals surface area contributed by atoms with Crippen LogP contribution >= 0.6 is 0 Å². The number of benzene rings is 2. The van der Waals surface area contributed by atoms with E-state index in [-0.39, 0.29) is 34.8 Å². The van der Waals surface area contributed by atoms with Crippen LogP contribution in [0.25, 0.3) is 0 Å². The van der Waals surface area contributed by atoms with Gasteiger partial charge in [-0.1, -0.05) is 30.3 Å². The third-order valence-electron chi connectivity index (χ3n) is 3.45. The molecule has 0 spiro atoms. The summed E-state index contributed by atoms with van der Waals surface area (Å²) in [6, 6.07) is 9.28. The molecule has 0 saturated carbocycles. The Balaban J connectivity index is 2.39. The Hall–Kier alpha value is -2.56. The van der Waals surface area contributed by atoms with Gasteiger partial charge in [0.1, 0.15) is 17.9 Å². The van der Waals surface area contributed by atoms with Crippen molar-refractivity contribution in [2.75, 3.05) is 7.11 Å². The van der Waals surface area contributed by atoms with Crippen LogP contribution in [0, 0.1) is 19.7 Å². The number of hydrogen-bond donors (Lipinski definition) is 1. The third-order valence-corrected chi connectivity index (χ3v) is 3.45. The summed E-state index contributed by atoms with van der Waals surface area (Å²) in [4.78, 5) is 11.7. The average Bonchev–Trinajstić information content (AvgIpc) is 2.54. The van der Waals surface area contributed by atoms with Crippen molar-refractivity contribution in [3.8, 4) is 11.5 Å². The van der Waals surface area contributed by atoms with Gasteiger partial charge in [0.25, 0.3) is 0 Å². The first-order chi connectivity index (χ1) is 10.5. The van der Waals surface area contributed by atoms with Gasteiger partial charge in [0, 0.05) is 11.1 Å². The fourth-order valence-electron chi connectivity index (χ4n) is 2.17. The highest BCUT2D eigenvalue weighted by Crippen LogP contribution is 2.37. The summed E-state index contributed by atoms with van der Waals surface area (Å²) in [5.74, 6) is -1.85. The number of ether oxygens (including phenoxy) is 2. The van der Waals surface area contributed by atoms with Crippen molar-refractivity contribution in [1.82, 2.24) is 0 Å². The molecule has 116 valence electrons. The normalized spacial score (nSPS) is 10.4. The van der Waals surface area contributed by atoms with Crippen LogP contribution in [0.4, 0.5) is 4.39 Å². The summed E-state index contributed by atoms with van der Waals surface area (Å²) in [6.45, 7) is 3.05. The molecule has 2 aromatic carbocycles. The summed E-state index contributed by atoms with van der Waals surface area (Å²) in [5.41, 5.74) is 0.859. The van der Waals surface area contributed by atoms with Gasteiger partial charge in [0.05, 0.1) is 7.11 Å². The van der Waals surface area contributed by atoms with Crippen molar-refractivity contribution < 1.29 is 23.8 Å². The van der Waals surface area contributed by atoms with Gasteiger partial charge in [-0.15, -0.1) is 0 Å². The molecular formula is C17H17FO4. The smallest absolute Gasteiger partial charge is 0.342 e. The van der Waals surface area contributed by atoms with Crippen LogP contribution in [0.5, 0.6) is 11.5 Å². The van der Waals surface area contributed by atoms with Crippen molar-refractivity contribution in [3.05, 3.63) is 58.4 Å². The fraction of sp³-hybridized carbons (Fsp3) is 0.235. The highest BCUT2D eigenvalue weighted by atomic mass is 19.1. The molecule has 0 aromatic heterocycles. The predicted octanol–water partition coefficient (Wildman–Crippen LogP) is 3.51. The zero-order valence-corrected chi connectivity index (χ0v) is 12.6. The molecule has 0 fully saturated rings. The summed E-state index contributed by atoms with van der Waals surface area (Å²) >= 11 is 0. The first-order valence-corrected chi connectivity index (χ1v) is 6.74. The van der Waals surface area contributed by atoms with E-state index in [9.17, 15) is 14.3 Å². The number of halogens is 1. The molecule has 4 nitrogen and oxygen atoms in total. The third kappa shape index (κ3) is 2.88. The number of phenolic OH excluding ortho intramolecular Hbond substituents is 1. The number of esters is 1. The maximum atomic E-state index is 14.5. The molecule has 0 aliphatic rings. The van der Waals surface area contributed by atoms with E-state index in [4.69, 9.17) is 4.74 Å². The van der Waals surface area contributed by atoms with Crippen LogP contribution in [-0.4, -0.2) is 18.2 Å². The lowest BCUT2D eigenvalue weighted by atomic mass is 10.0. The summed E-state index contributed by atoms with van der Waals surface area (Å²) < 4.78 is 24.5. The van der Waals surface area contributed by atoms with Gasteiger partial charge in [-0.05, 0) is 19.4 Å². The summed E-state index contributed by atoms with van der Waals surface area (Å²) in [6.07, 6.45) is 0. The number of rotatable bonds is 4. The van der Waals surface area contributed by atoms with Gasteiger partial charge < -0.3 is 14.6 Å². The number of methoxy groups -OCH3 is 1. The second-order valence-electron chi connectivity index (χ2n) is 4.88. The molecule has 0 saturated heterocycles. The lowest BCUT2D eigenvalue weighted by Gasteiger charge is -2.16. The summed E-state index contributed by atoms with van der Waals surface area (Å²) in [7, 11) is 1.17. The Morgan fingerprint density at radius 1 is 1.18 bits per heavy atom. The van der Waals surface area contributed by atoms with Crippen molar-refractivity contribution in [2.24, 2.45) is 0 Å². The zero-order chi connectivity index (χ0) is 16.3. The van der Waals surface area contributed by atoms with Gasteiger partial charge in [0.15, 0.2) is 11.6 Å². The molecule has 0 aliphatic heterocycles. The maximum absolute atomic E-state index is 14.5. The second kappa shape index (κ2) is 6.47. The molecule has 0 heterocycles. The maximum Gasteiger partial charge on any atom is 0.342 e. The van der Waals surface area contributed by atoms with Crippen LogP contribution in [-0.2, 0) is 11.3 Å².